The Morgan fingerprint density at radius 1 is 1.36 bits per heavy atom. The van der Waals surface area contributed by atoms with Crippen LogP contribution in [0.25, 0.3) is 0 Å². The molecule has 1 fully saturated rings. The van der Waals surface area contributed by atoms with Crippen molar-refractivity contribution in [2.75, 3.05) is 33.3 Å². The second-order valence-corrected chi connectivity index (χ2v) is 5.35. The van der Waals surface area contributed by atoms with E-state index in [0.29, 0.717) is 11.3 Å². The van der Waals surface area contributed by atoms with Crippen LogP contribution in [-0.4, -0.2) is 38.2 Å². The summed E-state index contributed by atoms with van der Waals surface area (Å²) in [5.41, 5.74) is 1.77. The van der Waals surface area contributed by atoms with Gasteiger partial charge in [-0.15, -0.1) is 31.4 Å². The summed E-state index contributed by atoms with van der Waals surface area (Å²) >= 11 is 0. The molecule has 6 heteroatoms. The maximum Gasteiger partial charge on any atom is 0.128 e. The lowest BCUT2D eigenvalue weighted by atomic mass is 9.97. The molecule has 1 N–H and O–H groups in total. The summed E-state index contributed by atoms with van der Waals surface area (Å²) in [5.74, 6) is 0.527. The van der Waals surface area contributed by atoms with Crippen LogP contribution in [0.1, 0.15) is 24.9 Å². The van der Waals surface area contributed by atoms with E-state index < -0.39 is 0 Å². The van der Waals surface area contributed by atoms with E-state index in [0.717, 1.165) is 38.2 Å². The van der Waals surface area contributed by atoms with Crippen LogP contribution in [0.4, 0.5) is 4.39 Å². The Bertz CT molecular complexity index is 479. The molecule has 1 atom stereocenters. The van der Waals surface area contributed by atoms with Crippen molar-refractivity contribution in [3.63, 3.8) is 0 Å². The normalized spacial score (nSPS) is 16.1. The number of nitrogens with zero attached hydrogens (tertiary/aromatic N) is 1. The molecule has 0 aliphatic carbocycles. The largest absolute Gasteiger partial charge is 0.497 e. The fourth-order valence-electron chi connectivity index (χ4n) is 2.66. The molecule has 1 heterocycles. The molecule has 1 aliphatic heterocycles. The molecule has 0 spiro atoms. The number of ether oxygens (including phenoxy) is 1. The lowest BCUT2D eigenvalue weighted by Gasteiger charge is -2.35. The number of benzene rings is 1. The van der Waals surface area contributed by atoms with Crippen molar-refractivity contribution in [2.45, 2.75) is 19.4 Å². The Labute approximate surface area is 144 Å². The van der Waals surface area contributed by atoms with Crippen LogP contribution in [0.5, 0.6) is 5.75 Å². The van der Waals surface area contributed by atoms with Gasteiger partial charge in [0.05, 0.1) is 7.11 Å². The van der Waals surface area contributed by atoms with Crippen molar-refractivity contribution < 1.29 is 9.13 Å². The first-order chi connectivity index (χ1) is 9.61. The second-order valence-electron chi connectivity index (χ2n) is 5.35. The van der Waals surface area contributed by atoms with E-state index in [1.54, 1.807) is 13.2 Å². The Hall–Kier alpha value is -0.810. The molecule has 1 aromatic carbocycles. The first-order valence-corrected chi connectivity index (χ1v) is 7.04. The monoisotopic (exact) mass is 350 g/mol. The molecule has 1 saturated heterocycles. The zero-order chi connectivity index (χ0) is 14.5. The predicted octanol–water partition coefficient (Wildman–Crippen LogP) is 3.59. The van der Waals surface area contributed by atoms with Gasteiger partial charge in [0.2, 0.25) is 0 Å². The topological polar surface area (TPSA) is 24.5 Å². The summed E-state index contributed by atoms with van der Waals surface area (Å²) in [6, 6.07) is 4.99. The molecule has 1 aliphatic rings. The zero-order valence-electron chi connectivity index (χ0n) is 13.1. The van der Waals surface area contributed by atoms with E-state index in [-0.39, 0.29) is 36.7 Å². The molecule has 0 aromatic heterocycles. The van der Waals surface area contributed by atoms with Crippen LogP contribution in [0.3, 0.4) is 0 Å². The highest BCUT2D eigenvalue weighted by molar-refractivity contribution is 5.85. The highest BCUT2D eigenvalue weighted by Crippen LogP contribution is 2.31. The van der Waals surface area contributed by atoms with Crippen molar-refractivity contribution in [3.05, 3.63) is 41.7 Å². The van der Waals surface area contributed by atoms with Crippen LogP contribution in [0, 0.1) is 5.82 Å². The second kappa shape index (κ2) is 10.1. The Kier molecular flexibility index (Phi) is 9.69. The lowest BCUT2D eigenvalue weighted by molar-refractivity contribution is 0.169. The number of rotatable bonds is 5. The fraction of sp³-hybridized carbons (Fsp3) is 0.500. The lowest BCUT2D eigenvalue weighted by Crippen LogP contribution is -2.45. The van der Waals surface area contributed by atoms with Gasteiger partial charge < -0.3 is 10.1 Å². The average Bonchev–Trinajstić information content (AvgIpc) is 2.46. The Morgan fingerprint density at radius 2 is 2.00 bits per heavy atom. The first-order valence-electron chi connectivity index (χ1n) is 7.04. The summed E-state index contributed by atoms with van der Waals surface area (Å²) in [6.07, 6.45) is 0.768. The summed E-state index contributed by atoms with van der Waals surface area (Å²) in [7, 11) is 1.61. The molecule has 0 bridgehead atoms. The van der Waals surface area contributed by atoms with Gasteiger partial charge in [0.25, 0.3) is 0 Å². The highest BCUT2D eigenvalue weighted by atomic mass is 35.5. The molecule has 3 nitrogen and oxygen atoms in total. The van der Waals surface area contributed by atoms with Gasteiger partial charge in [0.15, 0.2) is 0 Å². The number of hydrogen-bond donors (Lipinski definition) is 1. The SMILES string of the molecule is C=C(C)C[C@H](c1cc(OC)ccc1F)N1CCNCC1.Cl.Cl. The fourth-order valence-corrected chi connectivity index (χ4v) is 2.66. The first kappa shape index (κ1) is 21.2. The molecule has 0 amide bonds. The van der Waals surface area contributed by atoms with E-state index >= 15 is 0 Å². The minimum Gasteiger partial charge on any atom is -0.497 e. The smallest absolute Gasteiger partial charge is 0.128 e. The van der Waals surface area contributed by atoms with Crippen LogP contribution in [0.15, 0.2) is 30.4 Å². The van der Waals surface area contributed by atoms with Crippen molar-refractivity contribution in [1.82, 2.24) is 10.2 Å². The number of nitrogens with one attached hydrogen (secondary N) is 1. The summed E-state index contributed by atoms with van der Waals surface area (Å²) in [6.45, 7) is 9.72. The Balaban J connectivity index is 0.00000220. The standard InChI is InChI=1S/C16H23FN2O.2ClH/c1-12(2)10-16(19-8-6-18-7-9-19)14-11-13(20-3)4-5-15(14)17;;/h4-5,11,16,18H,1,6-10H2,2-3H3;2*1H/t16-;;/m1../s1. The van der Waals surface area contributed by atoms with Gasteiger partial charge in [-0.05, 0) is 31.5 Å². The van der Waals surface area contributed by atoms with E-state index in [2.05, 4.69) is 16.8 Å². The van der Waals surface area contributed by atoms with E-state index in [1.807, 2.05) is 13.0 Å². The predicted molar refractivity (Wildman–Crippen MR) is 94.1 cm³/mol. The third kappa shape index (κ3) is 5.43. The van der Waals surface area contributed by atoms with Gasteiger partial charge in [-0.1, -0.05) is 5.57 Å². The summed E-state index contributed by atoms with van der Waals surface area (Å²) in [5, 5.41) is 3.33. The van der Waals surface area contributed by atoms with E-state index in [1.165, 1.54) is 6.07 Å². The third-order valence-corrected chi connectivity index (χ3v) is 3.70. The maximum absolute atomic E-state index is 14.2. The molecule has 0 radical (unpaired) electrons. The average molecular weight is 351 g/mol. The quantitative estimate of drug-likeness (QED) is 0.821. The van der Waals surface area contributed by atoms with Gasteiger partial charge in [0, 0.05) is 37.8 Å². The number of halogens is 3. The van der Waals surface area contributed by atoms with Crippen LogP contribution in [-0.2, 0) is 0 Å². The third-order valence-electron chi connectivity index (χ3n) is 3.70. The molecular weight excluding hydrogens is 326 g/mol. The van der Waals surface area contributed by atoms with Crippen LogP contribution in [0.2, 0.25) is 0 Å². The van der Waals surface area contributed by atoms with Crippen LogP contribution >= 0.6 is 24.8 Å². The molecule has 0 saturated carbocycles. The molecule has 0 unspecified atom stereocenters. The minimum absolute atomic E-state index is 0. The van der Waals surface area contributed by atoms with Crippen molar-refractivity contribution in [3.8, 4) is 5.75 Å². The number of hydrogen-bond acceptors (Lipinski definition) is 3. The van der Waals surface area contributed by atoms with Gasteiger partial charge >= 0.3 is 0 Å². The van der Waals surface area contributed by atoms with Gasteiger partial charge in [-0.2, -0.15) is 0 Å². The van der Waals surface area contributed by atoms with E-state index in [9.17, 15) is 4.39 Å². The van der Waals surface area contributed by atoms with Gasteiger partial charge in [-0.25, -0.2) is 4.39 Å². The van der Waals surface area contributed by atoms with E-state index in [4.69, 9.17) is 4.74 Å². The summed E-state index contributed by atoms with van der Waals surface area (Å²) < 4.78 is 19.5. The molecule has 126 valence electrons. The highest BCUT2D eigenvalue weighted by Gasteiger charge is 2.25. The van der Waals surface area contributed by atoms with Crippen molar-refractivity contribution in [1.29, 1.82) is 0 Å². The molecule has 2 rings (SSSR count). The molecular formula is C16H25Cl2FN2O. The van der Waals surface area contributed by atoms with Crippen molar-refractivity contribution in [2.24, 2.45) is 0 Å². The van der Waals surface area contributed by atoms with Crippen molar-refractivity contribution >= 4 is 24.8 Å². The molecule has 22 heavy (non-hydrogen) atoms. The number of piperazine rings is 1. The van der Waals surface area contributed by atoms with Gasteiger partial charge in [-0.3, -0.25) is 4.90 Å². The summed E-state index contributed by atoms with van der Waals surface area (Å²) in [4.78, 5) is 2.32. The van der Waals surface area contributed by atoms with Gasteiger partial charge in [0.1, 0.15) is 11.6 Å². The minimum atomic E-state index is -0.171. The zero-order valence-corrected chi connectivity index (χ0v) is 14.7. The Morgan fingerprint density at radius 3 is 2.55 bits per heavy atom. The van der Waals surface area contributed by atoms with Crippen LogP contribution < -0.4 is 10.1 Å². The number of methoxy groups -OCH3 is 1. The molecule has 1 aromatic rings. The maximum atomic E-state index is 14.2.